The Morgan fingerprint density at radius 2 is 1.89 bits per heavy atom. The number of rotatable bonds is 7. The van der Waals surface area contributed by atoms with Crippen LogP contribution in [0.15, 0.2) is 67.5 Å². The molecule has 7 heteroatoms. The second-order valence-electron chi connectivity index (χ2n) is 6.36. The lowest BCUT2D eigenvalue weighted by Gasteiger charge is -2.14. The molecule has 0 radical (unpaired) electrons. The summed E-state index contributed by atoms with van der Waals surface area (Å²) < 4.78 is 23.1. The van der Waals surface area contributed by atoms with Crippen molar-refractivity contribution in [2.45, 2.75) is 19.5 Å². The standard InChI is InChI=1S/C21H20FN5O/c1-28-19-12-17(22)8-9-18(19)21-20(16-6-3-2-4-7-16)24-15-26(21)10-5-11-27-14-23-13-25-27/h2-4,6-9,12-15H,5,10-11H2,1H3. The highest BCUT2D eigenvalue weighted by molar-refractivity contribution is 5.81. The number of nitrogens with zero attached hydrogens (tertiary/aromatic N) is 5. The number of hydrogen-bond acceptors (Lipinski definition) is 4. The third-order valence-corrected chi connectivity index (χ3v) is 4.56. The number of halogens is 1. The zero-order valence-corrected chi connectivity index (χ0v) is 15.5. The maximum absolute atomic E-state index is 13.7. The van der Waals surface area contributed by atoms with Crippen LogP contribution in [-0.4, -0.2) is 31.4 Å². The van der Waals surface area contributed by atoms with Crippen LogP contribution in [0.2, 0.25) is 0 Å². The molecule has 4 rings (SSSR count). The molecule has 28 heavy (non-hydrogen) atoms. The largest absolute Gasteiger partial charge is 0.496 e. The summed E-state index contributed by atoms with van der Waals surface area (Å²) in [7, 11) is 1.55. The Balaban J connectivity index is 1.73. The van der Waals surface area contributed by atoms with Gasteiger partial charge in [-0.2, -0.15) is 5.10 Å². The van der Waals surface area contributed by atoms with E-state index < -0.39 is 0 Å². The first-order chi connectivity index (χ1) is 13.8. The van der Waals surface area contributed by atoms with Gasteiger partial charge in [-0.05, 0) is 18.6 Å². The van der Waals surface area contributed by atoms with Crippen LogP contribution in [0, 0.1) is 5.82 Å². The first kappa shape index (κ1) is 17.9. The van der Waals surface area contributed by atoms with E-state index in [9.17, 15) is 4.39 Å². The molecular weight excluding hydrogens is 357 g/mol. The summed E-state index contributed by atoms with van der Waals surface area (Å²) in [5, 5.41) is 4.14. The van der Waals surface area contributed by atoms with Gasteiger partial charge in [-0.1, -0.05) is 30.3 Å². The number of hydrogen-bond donors (Lipinski definition) is 0. The monoisotopic (exact) mass is 377 g/mol. The van der Waals surface area contributed by atoms with Gasteiger partial charge in [0.05, 0.1) is 24.8 Å². The minimum Gasteiger partial charge on any atom is -0.496 e. The van der Waals surface area contributed by atoms with Crippen molar-refractivity contribution in [2.24, 2.45) is 0 Å². The number of imidazole rings is 1. The van der Waals surface area contributed by atoms with Crippen molar-refractivity contribution in [1.29, 1.82) is 0 Å². The van der Waals surface area contributed by atoms with Crippen LogP contribution in [0.3, 0.4) is 0 Å². The molecule has 142 valence electrons. The van der Waals surface area contributed by atoms with Gasteiger partial charge in [-0.15, -0.1) is 0 Å². The van der Waals surface area contributed by atoms with E-state index >= 15 is 0 Å². The molecule has 2 aromatic carbocycles. The molecule has 0 aliphatic carbocycles. The molecule has 0 saturated heterocycles. The summed E-state index contributed by atoms with van der Waals surface area (Å²) in [6, 6.07) is 14.5. The number of aryl methyl sites for hydroxylation is 2. The van der Waals surface area contributed by atoms with E-state index in [1.165, 1.54) is 18.5 Å². The Bertz CT molecular complexity index is 1040. The van der Waals surface area contributed by atoms with E-state index in [1.54, 1.807) is 24.2 Å². The maximum atomic E-state index is 13.7. The van der Waals surface area contributed by atoms with Crippen molar-refractivity contribution in [3.05, 3.63) is 73.3 Å². The quantitative estimate of drug-likeness (QED) is 0.488. The number of methoxy groups -OCH3 is 1. The lowest BCUT2D eigenvalue weighted by molar-refractivity contribution is 0.412. The molecule has 6 nitrogen and oxygen atoms in total. The van der Waals surface area contributed by atoms with Crippen LogP contribution in [0.25, 0.3) is 22.5 Å². The Hall–Kier alpha value is -3.48. The second kappa shape index (κ2) is 8.04. The van der Waals surface area contributed by atoms with Crippen molar-refractivity contribution in [2.75, 3.05) is 7.11 Å². The van der Waals surface area contributed by atoms with Gasteiger partial charge >= 0.3 is 0 Å². The third-order valence-electron chi connectivity index (χ3n) is 4.56. The minimum atomic E-state index is -0.334. The van der Waals surface area contributed by atoms with E-state index in [4.69, 9.17) is 4.74 Å². The van der Waals surface area contributed by atoms with Gasteiger partial charge < -0.3 is 9.30 Å². The Kier molecular flexibility index (Phi) is 5.14. The van der Waals surface area contributed by atoms with E-state index in [-0.39, 0.29) is 5.82 Å². The van der Waals surface area contributed by atoms with E-state index in [2.05, 4.69) is 19.6 Å². The van der Waals surface area contributed by atoms with Gasteiger partial charge in [0, 0.05) is 30.3 Å². The fourth-order valence-corrected chi connectivity index (χ4v) is 3.25. The van der Waals surface area contributed by atoms with E-state index in [1.807, 2.05) is 36.7 Å². The minimum absolute atomic E-state index is 0.334. The molecule has 0 aliphatic heterocycles. The number of ether oxygens (including phenoxy) is 1. The summed E-state index contributed by atoms with van der Waals surface area (Å²) in [6.45, 7) is 1.48. The molecule has 0 N–H and O–H groups in total. The third kappa shape index (κ3) is 3.64. The van der Waals surface area contributed by atoms with Gasteiger partial charge in [0.2, 0.25) is 0 Å². The Morgan fingerprint density at radius 1 is 1.04 bits per heavy atom. The summed E-state index contributed by atoms with van der Waals surface area (Å²) in [4.78, 5) is 8.62. The second-order valence-corrected chi connectivity index (χ2v) is 6.36. The van der Waals surface area contributed by atoms with Gasteiger partial charge in [-0.25, -0.2) is 14.4 Å². The first-order valence-electron chi connectivity index (χ1n) is 9.03. The molecule has 2 heterocycles. The van der Waals surface area contributed by atoms with Crippen molar-refractivity contribution < 1.29 is 9.13 Å². The molecule has 0 spiro atoms. The zero-order chi connectivity index (χ0) is 19.3. The molecule has 0 amide bonds. The van der Waals surface area contributed by atoms with Crippen LogP contribution in [-0.2, 0) is 13.1 Å². The Morgan fingerprint density at radius 3 is 2.64 bits per heavy atom. The van der Waals surface area contributed by atoms with Gasteiger partial charge in [0.25, 0.3) is 0 Å². The predicted molar refractivity (Wildman–Crippen MR) is 104 cm³/mol. The van der Waals surface area contributed by atoms with Crippen molar-refractivity contribution in [1.82, 2.24) is 24.3 Å². The molecule has 2 aromatic heterocycles. The highest BCUT2D eigenvalue weighted by Crippen LogP contribution is 2.37. The summed E-state index contributed by atoms with van der Waals surface area (Å²) >= 11 is 0. The zero-order valence-electron chi connectivity index (χ0n) is 15.5. The van der Waals surface area contributed by atoms with Crippen LogP contribution >= 0.6 is 0 Å². The number of benzene rings is 2. The Labute approximate surface area is 162 Å². The average Bonchev–Trinajstić information content (AvgIpc) is 3.39. The first-order valence-corrected chi connectivity index (χ1v) is 9.03. The van der Waals surface area contributed by atoms with Crippen LogP contribution in [0.5, 0.6) is 5.75 Å². The summed E-state index contributed by atoms with van der Waals surface area (Å²) in [5.74, 6) is 0.148. The maximum Gasteiger partial charge on any atom is 0.137 e. The van der Waals surface area contributed by atoms with E-state index in [0.29, 0.717) is 5.75 Å². The van der Waals surface area contributed by atoms with Crippen LogP contribution in [0.4, 0.5) is 4.39 Å². The van der Waals surface area contributed by atoms with Gasteiger partial charge in [0.1, 0.15) is 24.2 Å². The number of aromatic nitrogens is 5. The topological polar surface area (TPSA) is 57.8 Å². The molecular formula is C21H20FN5O. The van der Waals surface area contributed by atoms with Crippen molar-refractivity contribution in [3.8, 4) is 28.3 Å². The molecule has 0 aliphatic rings. The summed E-state index contributed by atoms with van der Waals surface area (Å²) in [6.07, 6.45) is 5.90. The molecule has 0 bridgehead atoms. The highest BCUT2D eigenvalue weighted by atomic mass is 19.1. The SMILES string of the molecule is COc1cc(F)ccc1-c1c(-c2ccccc2)ncn1CCCn1cncn1. The van der Waals surface area contributed by atoms with Crippen molar-refractivity contribution >= 4 is 0 Å². The average molecular weight is 377 g/mol. The molecule has 0 saturated carbocycles. The molecule has 0 atom stereocenters. The fourth-order valence-electron chi connectivity index (χ4n) is 3.25. The fraction of sp³-hybridized carbons (Fsp3) is 0.190. The normalized spacial score (nSPS) is 10.9. The summed E-state index contributed by atoms with van der Waals surface area (Å²) in [5.41, 5.74) is 3.55. The lowest BCUT2D eigenvalue weighted by atomic mass is 10.0. The van der Waals surface area contributed by atoms with Gasteiger partial charge in [-0.3, -0.25) is 4.68 Å². The molecule has 4 aromatic rings. The van der Waals surface area contributed by atoms with Crippen molar-refractivity contribution in [3.63, 3.8) is 0 Å². The smallest absolute Gasteiger partial charge is 0.137 e. The highest BCUT2D eigenvalue weighted by Gasteiger charge is 2.18. The van der Waals surface area contributed by atoms with Crippen LogP contribution in [0.1, 0.15) is 6.42 Å². The van der Waals surface area contributed by atoms with Gasteiger partial charge in [0.15, 0.2) is 0 Å². The predicted octanol–water partition coefficient (Wildman–Crippen LogP) is 4.05. The molecule has 0 fully saturated rings. The van der Waals surface area contributed by atoms with Crippen LogP contribution < -0.4 is 4.74 Å². The lowest BCUT2D eigenvalue weighted by Crippen LogP contribution is -2.05. The molecule has 0 unspecified atom stereocenters. The van der Waals surface area contributed by atoms with E-state index in [0.717, 1.165) is 42.0 Å².